The highest BCUT2D eigenvalue weighted by Gasteiger charge is 2.25. The van der Waals surface area contributed by atoms with Crippen molar-refractivity contribution in [3.63, 3.8) is 0 Å². The molecule has 0 bridgehead atoms. The molecule has 7 aromatic carbocycles. The molecule has 0 spiro atoms. The fourth-order valence-electron chi connectivity index (χ4n) is 8.72. The number of benzene rings is 7. The number of aromatic amines is 1. The SMILES string of the molecule is Brc1ccc2c(N3CCOCC3)noc2c1.COC(=O)c1ccc(Br)cc1O.Cc1ccc(C(=O)NC2CC2)cc1-c1ccc2c(N3CCOCC3)noc2c1.O=C(NO)c1ccc(Br)cc1O.O=C(O)c1ccc(Br)cc1O.O=c1[nH]oc2cc(Br)ccc12. The van der Waals surface area contributed by atoms with Crippen molar-refractivity contribution in [2.24, 2.45) is 0 Å². The summed E-state index contributed by atoms with van der Waals surface area (Å²) in [6.07, 6.45) is 2.16. The second kappa shape index (κ2) is 32.1. The van der Waals surface area contributed by atoms with Gasteiger partial charge in [-0.25, -0.2) is 15.1 Å². The molecule has 470 valence electrons. The quantitative estimate of drug-likeness (QED) is 0.0398. The number of hydrogen-bond donors (Lipinski definition) is 8. The van der Waals surface area contributed by atoms with Crippen molar-refractivity contribution >= 4 is 148 Å². The van der Waals surface area contributed by atoms with Gasteiger partial charge in [0.15, 0.2) is 28.4 Å². The summed E-state index contributed by atoms with van der Waals surface area (Å²) in [4.78, 5) is 59.9. The molecule has 3 aliphatic rings. The second-order valence-electron chi connectivity index (χ2n) is 19.7. The zero-order chi connectivity index (χ0) is 64.6. The Labute approximate surface area is 554 Å². The number of carboxylic acids is 1. The number of phenols is 3. The lowest BCUT2D eigenvalue weighted by Gasteiger charge is -2.26. The van der Waals surface area contributed by atoms with Crippen LogP contribution in [0.25, 0.3) is 44.0 Å². The summed E-state index contributed by atoms with van der Waals surface area (Å²) in [6.45, 7) is 8.37. The van der Waals surface area contributed by atoms with E-state index < -0.39 is 17.8 Å². The van der Waals surface area contributed by atoms with Gasteiger partial charge in [0.2, 0.25) is 0 Å². The van der Waals surface area contributed by atoms with Gasteiger partial charge in [0.1, 0.15) is 28.4 Å². The monoisotopic (exact) mass is 1550 g/mol. The zero-order valence-electron chi connectivity index (χ0n) is 47.7. The Hall–Kier alpha value is -8.09. The molecule has 3 aromatic heterocycles. The third-order valence-electron chi connectivity index (χ3n) is 13.5. The topological polar surface area (TPSA) is 326 Å². The number of hydrogen-bond acceptors (Lipinski definition) is 19. The molecule has 1 saturated carbocycles. The molecule has 13 rings (SSSR count). The Morgan fingerprint density at radius 1 is 0.578 bits per heavy atom. The highest BCUT2D eigenvalue weighted by atomic mass is 79.9. The minimum absolute atomic E-state index is 0.000836. The van der Waals surface area contributed by atoms with E-state index in [1.54, 1.807) is 36.4 Å². The largest absolute Gasteiger partial charge is 0.507 e. The summed E-state index contributed by atoms with van der Waals surface area (Å²) < 4.78 is 34.9. The number of methoxy groups -OCH3 is 1. The number of nitrogens with one attached hydrogen (secondary N) is 3. The number of aromatic carboxylic acids is 1. The van der Waals surface area contributed by atoms with Crippen LogP contribution in [0, 0.1) is 6.92 Å². The van der Waals surface area contributed by atoms with Crippen molar-refractivity contribution in [3.8, 4) is 28.4 Å². The van der Waals surface area contributed by atoms with Crippen LogP contribution in [0.15, 0.2) is 168 Å². The molecule has 5 heterocycles. The number of halogens is 5. The fraction of sp³-hybridized carbons (Fsp3) is 0.210. The highest BCUT2D eigenvalue weighted by Crippen LogP contribution is 2.34. The number of aryl methyl sites for hydroxylation is 1. The van der Waals surface area contributed by atoms with E-state index in [1.807, 2.05) is 42.5 Å². The predicted molar refractivity (Wildman–Crippen MR) is 352 cm³/mol. The molecule has 8 N–H and O–H groups in total. The van der Waals surface area contributed by atoms with Gasteiger partial charge in [0.25, 0.3) is 17.4 Å². The number of nitrogens with zero attached hydrogens (tertiary/aromatic N) is 4. The van der Waals surface area contributed by atoms with E-state index in [9.17, 15) is 34.2 Å². The number of rotatable bonds is 8. The molecular formula is C62H56Br5N7O16. The van der Waals surface area contributed by atoms with Crippen LogP contribution in [-0.2, 0) is 14.2 Å². The number of morpholine rings is 2. The lowest BCUT2D eigenvalue weighted by atomic mass is 9.97. The van der Waals surface area contributed by atoms with E-state index in [1.165, 1.54) is 49.0 Å². The van der Waals surface area contributed by atoms with Gasteiger partial charge < -0.3 is 63.3 Å². The Kier molecular flexibility index (Phi) is 24.2. The number of ether oxygens (including phenoxy) is 3. The van der Waals surface area contributed by atoms with Gasteiger partial charge in [-0.15, -0.1) is 0 Å². The molecule has 0 atom stereocenters. The number of aromatic hydroxyl groups is 3. The predicted octanol–water partition coefficient (Wildman–Crippen LogP) is 12.9. The van der Waals surface area contributed by atoms with E-state index in [0.29, 0.717) is 49.2 Å². The summed E-state index contributed by atoms with van der Waals surface area (Å²) in [5.41, 5.74) is 7.37. The average molecular weight is 1550 g/mol. The fourth-order valence-corrected chi connectivity index (χ4v) is 10.4. The smallest absolute Gasteiger partial charge is 0.341 e. The van der Waals surface area contributed by atoms with Crippen LogP contribution in [0.5, 0.6) is 17.2 Å². The van der Waals surface area contributed by atoms with E-state index >= 15 is 0 Å². The number of H-pyrrole nitrogens is 1. The maximum absolute atomic E-state index is 12.4. The van der Waals surface area contributed by atoms with E-state index in [4.69, 9.17) is 38.5 Å². The number of phenolic OH excluding ortho intramolecular Hbond substituents is 2. The van der Waals surface area contributed by atoms with Crippen LogP contribution in [0.2, 0.25) is 0 Å². The molecule has 2 amide bonds. The highest BCUT2D eigenvalue weighted by molar-refractivity contribution is 9.11. The van der Waals surface area contributed by atoms with Gasteiger partial charge in [0.05, 0.1) is 55.3 Å². The van der Waals surface area contributed by atoms with Gasteiger partial charge in [0, 0.05) is 60.1 Å². The van der Waals surface area contributed by atoms with Crippen LogP contribution in [0.1, 0.15) is 59.8 Å². The summed E-state index contributed by atoms with van der Waals surface area (Å²) in [5, 5.41) is 60.6. The number of fused-ring (bicyclic) bond motifs is 3. The van der Waals surface area contributed by atoms with E-state index in [0.717, 1.165) is 111 Å². The lowest BCUT2D eigenvalue weighted by molar-refractivity contribution is 0.0595. The van der Waals surface area contributed by atoms with Gasteiger partial charge in [-0.2, -0.15) is 5.16 Å². The number of carbonyl (C=O) groups excluding carboxylic acids is 3. The number of carboxylic acid groups (broad SMARTS) is 1. The van der Waals surface area contributed by atoms with E-state index in [-0.39, 0.29) is 45.4 Å². The van der Waals surface area contributed by atoms with Crippen molar-refractivity contribution in [1.29, 1.82) is 0 Å². The van der Waals surface area contributed by atoms with Crippen LogP contribution >= 0.6 is 79.6 Å². The number of aromatic nitrogens is 3. The Balaban J connectivity index is 0.000000146. The Morgan fingerprint density at radius 2 is 1.04 bits per heavy atom. The van der Waals surface area contributed by atoms with Crippen LogP contribution in [0.4, 0.5) is 11.6 Å². The molecule has 23 nitrogen and oxygen atoms in total. The number of amides is 2. The van der Waals surface area contributed by atoms with Crippen molar-refractivity contribution in [2.45, 2.75) is 25.8 Å². The van der Waals surface area contributed by atoms with Crippen molar-refractivity contribution in [1.82, 2.24) is 26.3 Å². The molecule has 0 radical (unpaired) electrons. The van der Waals surface area contributed by atoms with Crippen LogP contribution < -0.4 is 26.2 Å². The van der Waals surface area contributed by atoms with Crippen molar-refractivity contribution in [2.75, 3.05) is 69.5 Å². The minimum atomic E-state index is -1.13. The zero-order valence-corrected chi connectivity index (χ0v) is 55.6. The molecule has 10 aromatic rings. The molecule has 90 heavy (non-hydrogen) atoms. The first kappa shape index (κ1) is 67.8. The molecule has 0 unspecified atom stereocenters. The third kappa shape index (κ3) is 18.3. The average Bonchev–Trinajstić information content (AvgIpc) is 1.64. The molecule has 2 saturated heterocycles. The number of esters is 1. The molecular weight excluding hydrogens is 1500 g/mol. The number of carbonyl (C=O) groups is 4. The minimum Gasteiger partial charge on any atom is -0.507 e. The first-order chi connectivity index (χ1) is 43.2. The number of anilines is 2. The summed E-state index contributed by atoms with van der Waals surface area (Å²) in [7, 11) is 1.27. The maximum atomic E-state index is 12.4. The van der Waals surface area contributed by atoms with Crippen LogP contribution in [-0.4, -0.2) is 131 Å². The van der Waals surface area contributed by atoms with Crippen molar-refractivity contribution < 1.29 is 72.6 Å². The second-order valence-corrected chi connectivity index (χ2v) is 24.3. The summed E-state index contributed by atoms with van der Waals surface area (Å²) >= 11 is 16.0. The standard InChI is InChI=1S/C22H23N3O3.C11H11BrN2O2.C8H7BrO3.C7H6BrNO3.C7H4BrNO2.C7H5BrO3/c1-14-2-3-16(22(26)23-17-5-6-17)12-19(14)15-4-7-18-20(13-15)28-24-21(18)25-8-10-27-11-9-25;12-8-1-2-9-10(7-8)16-13-11(9)14-3-5-15-6-4-14;1-12-8(11)6-3-2-5(9)4-7(6)10;8-4-1-2-5(6(10)3-4)7(11)9-12;8-4-1-2-5-6(3-4)11-9-7(5)10;8-4-1-2-5(7(10)11)6(9)3-4/h2-4,7,12-13,17H,5-6,8-11H2,1H3,(H,23,26);1-2,7H,3-6H2;2-4,10H,1H3;1-3,10,12H,(H,9,11);1-3H,(H,9,10);1-3,9H,(H,10,11). The summed E-state index contributed by atoms with van der Waals surface area (Å²) in [5.74, 6) is -1.11. The lowest BCUT2D eigenvalue weighted by Crippen LogP contribution is -2.36. The van der Waals surface area contributed by atoms with Gasteiger partial charge in [-0.1, -0.05) is 102 Å². The third-order valence-corrected chi connectivity index (χ3v) is 16.0. The van der Waals surface area contributed by atoms with Crippen molar-refractivity contribution in [3.05, 3.63) is 188 Å². The van der Waals surface area contributed by atoms with Gasteiger partial charge >= 0.3 is 11.9 Å². The first-order valence-corrected chi connectivity index (χ1v) is 31.2. The maximum Gasteiger partial charge on any atom is 0.341 e. The normalized spacial score (nSPS) is 13.3. The molecule has 1 aliphatic carbocycles. The van der Waals surface area contributed by atoms with Gasteiger partial charge in [-0.05, 0) is 152 Å². The Bertz CT molecular complexity index is 4170. The molecule has 3 fully saturated rings. The molecule has 2 aliphatic heterocycles. The van der Waals surface area contributed by atoms with E-state index in [2.05, 4.69) is 134 Å². The first-order valence-electron chi connectivity index (χ1n) is 27.2. The van der Waals surface area contributed by atoms with Gasteiger partial charge in [-0.3, -0.25) is 19.6 Å². The summed E-state index contributed by atoms with van der Waals surface area (Å²) in [6, 6.07) is 36.7. The molecule has 28 heteroatoms. The Morgan fingerprint density at radius 3 is 1.54 bits per heavy atom. The number of hydroxylamine groups is 1. The van der Waals surface area contributed by atoms with Crippen LogP contribution in [0.3, 0.4) is 0 Å².